The van der Waals surface area contributed by atoms with Crippen molar-refractivity contribution >= 4 is 27.0 Å². The van der Waals surface area contributed by atoms with Gasteiger partial charge >= 0.3 is 5.97 Å². The van der Waals surface area contributed by atoms with Crippen molar-refractivity contribution in [3.63, 3.8) is 0 Å². The largest absolute Gasteiger partial charge is 0.454 e. The summed E-state index contributed by atoms with van der Waals surface area (Å²) in [6.45, 7) is 7.77. The van der Waals surface area contributed by atoms with Crippen LogP contribution in [0.1, 0.15) is 33.0 Å². The normalized spacial score (nSPS) is 16.3. The van der Waals surface area contributed by atoms with E-state index in [1.807, 2.05) is 24.5 Å². The predicted octanol–water partition coefficient (Wildman–Crippen LogP) is 2.48. The molecule has 1 saturated heterocycles. The predicted molar refractivity (Wildman–Crippen MR) is 109 cm³/mol. The maximum absolute atomic E-state index is 12.9. The van der Waals surface area contributed by atoms with Crippen LogP contribution in [0.3, 0.4) is 0 Å². The van der Waals surface area contributed by atoms with Gasteiger partial charge in [0.25, 0.3) is 0 Å². The van der Waals surface area contributed by atoms with Gasteiger partial charge in [-0.3, -0.25) is 0 Å². The molecule has 8 nitrogen and oxygen atoms in total. The number of ether oxygens (including phenoxy) is 2. The Morgan fingerprint density at radius 2 is 2.00 bits per heavy atom. The summed E-state index contributed by atoms with van der Waals surface area (Å²) in [6, 6.07) is 4.94. The van der Waals surface area contributed by atoms with E-state index in [0.29, 0.717) is 49.8 Å². The van der Waals surface area contributed by atoms with Gasteiger partial charge in [0, 0.05) is 25.2 Å². The van der Waals surface area contributed by atoms with Crippen LogP contribution in [0.15, 0.2) is 34.7 Å². The molecule has 1 fully saturated rings. The Hall–Kier alpha value is -2.23. The van der Waals surface area contributed by atoms with E-state index in [4.69, 9.17) is 9.47 Å². The molecule has 0 bridgehead atoms. The third-order valence-electron chi connectivity index (χ3n) is 4.89. The number of sulfonamides is 1. The van der Waals surface area contributed by atoms with Gasteiger partial charge in [-0.05, 0) is 38.5 Å². The van der Waals surface area contributed by atoms with Crippen molar-refractivity contribution in [1.82, 2.24) is 13.9 Å². The highest BCUT2D eigenvalue weighted by molar-refractivity contribution is 7.89. The molecule has 1 aliphatic heterocycles. The van der Waals surface area contributed by atoms with Crippen molar-refractivity contribution < 1.29 is 22.7 Å². The standard InChI is InChI=1S/C20H27N3O5S/c1-4-6-15(3)20(24)28-14-19-21-17-13-16(7-8-18(17)23(19)5-2)29(25,26)22-9-11-27-12-10-22/h6-8,13H,4-5,9-12,14H2,1-3H3/b15-6-. The fourth-order valence-electron chi connectivity index (χ4n) is 3.35. The molecule has 0 unspecified atom stereocenters. The van der Waals surface area contributed by atoms with Gasteiger partial charge in [0.1, 0.15) is 12.4 Å². The fraction of sp³-hybridized carbons (Fsp3) is 0.500. The number of aryl methyl sites for hydroxylation is 1. The van der Waals surface area contributed by atoms with Gasteiger partial charge in [0.2, 0.25) is 10.0 Å². The minimum atomic E-state index is -3.60. The number of aromatic nitrogens is 2. The van der Waals surface area contributed by atoms with Crippen molar-refractivity contribution in [3.8, 4) is 0 Å². The van der Waals surface area contributed by atoms with Gasteiger partial charge in [-0.25, -0.2) is 18.2 Å². The van der Waals surface area contributed by atoms with Crippen LogP contribution in [0.25, 0.3) is 11.0 Å². The topological polar surface area (TPSA) is 90.7 Å². The Morgan fingerprint density at radius 1 is 1.28 bits per heavy atom. The highest BCUT2D eigenvalue weighted by Crippen LogP contribution is 2.24. The molecule has 1 aromatic heterocycles. The molecule has 1 aliphatic rings. The number of esters is 1. The number of hydrogen-bond donors (Lipinski definition) is 0. The number of morpholine rings is 1. The summed E-state index contributed by atoms with van der Waals surface area (Å²) in [5.41, 5.74) is 1.93. The van der Waals surface area contributed by atoms with E-state index >= 15 is 0 Å². The quantitative estimate of drug-likeness (QED) is 0.504. The van der Waals surface area contributed by atoms with Gasteiger partial charge < -0.3 is 14.0 Å². The molecule has 9 heteroatoms. The maximum Gasteiger partial charge on any atom is 0.333 e. The number of nitrogens with zero attached hydrogens (tertiary/aromatic N) is 3. The highest BCUT2D eigenvalue weighted by Gasteiger charge is 2.27. The number of carbonyl (C=O) groups excluding carboxylic acids is 1. The average Bonchev–Trinajstić information content (AvgIpc) is 3.09. The summed E-state index contributed by atoms with van der Waals surface area (Å²) in [4.78, 5) is 16.8. The average molecular weight is 422 g/mol. The van der Waals surface area contributed by atoms with Crippen LogP contribution >= 0.6 is 0 Å². The van der Waals surface area contributed by atoms with Crippen LogP contribution in [0, 0.1) is 0 Å². The van der Waals surface area contributed by atoms with E-state index in [1.165, 1.54) is 4.31 Å². The summed E-state index contributed by atoms with van der Waals surface area (Å²) in [5.74, 6) is 0.207. The van der Waals surface area contributed by atoms with Crippen molar-refractivity contribution in [2.45, 2.75) is 45.2 Å². The van der Waals surface area contributed by atoms with Gasteiger partial charge in [0.15, 0.2) is 0 Å². The molecule has 2 aromatic rings. The van der Waals surface area contributed by atoms with Crippen LogP contribution in [0.5, 0.6) is 0 Å². The molecule has 2 heterocycles. The number of carbonyl (C=O) groups is 1. The van der Waals surface area contributed by atoms with E-state index in [0.717, 1.165) is 11.9 Å². The third-order valence-corrected chi connectivity index (χ3v) is 6.78. The van der Waals surface area contributed by atoms with Gasteiger partial charge in [-0.1, -0.05) is 13.0 Å². The number of hydrogen-bond acceptors (Lipinski definition) is 6. The summed E-state index contributed by atoms with van der Waals surface area (Å²) in [7, 11) is -3.60. The summed E-state index contributed by atoms with van der Waals surface area (Å²) < 4.78 is 39.8. The SMILES string of the molecule is CC/C=C(/C)C(=O)OCc1nc2cc(S(=O)(=O)N3CCOCC3)ccc2n1CC. The Morgan fingerprint density at radius 3 is 2.66 bits per heavy atom. The van der Waals surface area contributed by atoms with Crippen molar-refractivity contribution in [1.29, 1.82) is 0 Å². The van der Waals surface area contributed by atoms with Crippen LogP contribution in [0.4, 0.5) is 0 Å². The Kier molecular flexibility index (Phi) is 6.71. The van der Waals surface area contributed by atoms with Crippen molar-refractivity contribution in [3.05, 3.63) is 35.7 Å². The molecule has 0 spiro atoms. The molecule has 158 valence electrons. The van der Waals surface area contributed by atoms with Gasteiger partial charge in [0.05, 0.1) is 29.1 Å². The summed E-state index contributed by atoms with van der Waals surface area (Å²) >= 11 is 0. The minimum absolute atomic E-state index is 0.0296. The van der Waals surface area contributed by atoms with Crippen molar-refractivity contribution in [2.75, 3.05) is 26.3 Å². The molecule has 0 saturated carbocycles. The monoisotopic (exact) mass is 421 g/mol. The molecule has 1 aromatic carbocycles. The maximum atomic E-state index is 12.9. The molecule has 0 aliphatic carbocycles. The second-order valence-electron chi connectivity index (χ2n) is 6.81. The van der Waals surface area contributed by atoms with Gasteiger partial charge in [-0.2, -0.15) is 4.31 Å². The molecule has 0 radical (unpaired) electrons. The molecule has 3 rings (SSSR count). The second kappa shape index (κ2) is 9.06. The zero-order chi connectivity index (χ0) is 21.0. The Balaban J connectivity index is 1.88. The van der Waals surface area contributed by atoms with Crippen LogP contribution in [-0.4, -0.2) is 54.5 Å². The molecular weight excluding hydrogens is 394 g/mol. The van der Waals surface area contributed by atoms with Crippen molar-refractivity contribution in [2.24, 2.45) is 0 Å². The highest BCUT2D eigenvalue weighted by atomic mass is 32.2. The lowest BCUT2D eigenvalue weighted by Gasteiger charge is -2.26. The second-order valence-corrected chi connectivity index (χ2v) is 8.75. The lowest BCUT2D eigenvalue weighted by atomic mass is 10.2. The van der Waals surface area contributed by atoms with E-state index in [2.05, 4.69) is 4.98 Å². The Bertz CT molecular complexity index is 1020. The minimum Gasteiger partial charge on any atom is -0.454 e. The van der Waals surface area contributed by atoms with E-state index in [1.54, 1.807) is 25.1 Å². The first-order valence-corrected chi connectivity index (χ1v) is 11.2. The molecule has 0 atom stereocenters. The molecule has 29 heavy (non-hydrogen) atoms. The molecule has 0 N–H and O–H groups in total. The number of rotatable bonds is 7. The van der Waals surface area contributed by atoms with Gasteiger partial charge in [-0.15, -0.1) is 0 Å². The van der Waals surface area contributed by atoms with E-state index < -0.39 is 10.0 Å². The van der Waals surface area contributed by atoms with Crippen LogP contribution < -0.4 is 0 Å². The lowest BCUT2D eigenvalue weighted by molar-refractivity contribution is -0.140. The molecular formula is C20H27N3O5S. The summed E-state index contributed by atoms with van der Waals surface area (Å²) in [5, 5.41) is 0. The number of imidazole rings is 1. The van der Waals surface area contributed by atoms with Crippen LogP contribution in [-0.2, 0) is 37.4 Å². The van der Waals surface area contributed by atoms with E-state index in [9.17, 15) is 13.2 Å². The Labute approximate surface area is 171 Å². The first kappa shape index (κ1) is 21.5. The number of allylic oxidation sites excluding steroid dienone is 1. The summed E-state index contributed by atoms with van der Waals surface area (Å²) in [6.07, 6.45) is 2.57. The zero-order valence-electron chi connectivity index (χ0n) is 17.1. The number of fused-ring (bicyclic) bond motifs is 1. The van der Waals surface area contributed by atoms with Crippen LogP contribution in [0.2, 0.25) is 0 Å². The zero-order valence-corrected chi connectivity index (χ0v) is 17.9. The first-order chi connectivity index (χ1) is 13.9. The smallest absolute Gasteiger partial charge is 0.333 e. The fourth-order valence-corrected chi connectivity index (χ4v) is 4.78. The first-order valence-electron chi connectivity index (χ1n) is 9.79. The third kappa shape index (κ3) is 4.52. The lowest BCUT2D eigenvalue weighted by Crippen LogP contribution is -2.40. The molecule has 0 amide bonds. The van der Waals surface area contributed by atoms with E-state index in [-0.39, 0.29) is 17.5 Å². The number of benzene rings is 1.